The number of rotatable bonds is 7. The van der Waals surface area contributed by atoms with Gasteiger partial charge in [-0.3, -0.25) is 9.59 Å². The number of hydrogen-bond acceptors (Lipinski definition) is 4. The predicted molar refractivity (Wildman–Crippen MR) is 101 cm³/mol. The van der Waals surface area contributed by atoms with Crippen molar-refractivity contribution in [2.45, 2.75) is 6.92 Å². The van der Waals surface area contributed by atoms with Crippen LogP contribution in [0.25, 0.3) is 0 Å². The van der Waals surface area contributed by atoms with Crippen molar-refractivity contribution >= 4 is 29.1 Å². The lowest BCUT2D eigenvalue weighted by atomic mass is 10.1. The van der Waals surface area contributed by atoms with Crippen molar-refractivity contribution in [1.82, 2.24) is 5.32 Å². The number of halogens is 1. The topological polar surface area (TPSA) is 67.9 Å². The second-order valence-corrected chi connectivity index (χ2v) is 5.82. The van der Waals surface area contributed by atoms with Gasteiger partial charge in [0.1, 0.15) is 17.1 Å². The van der Waals surface area contributed by atoms with E-state index >= 15 is 0 Å². The maximum Gasteiger partial charge on any atom is 0.258 e. The largest absolute Gasteiger partial charge is 0.496 e. The van der Waals surface area contributed by atoms with E-state index in [-0.39, 0.29) is 24.9 Å². The minimum absolute atomic E-state index is 0.165. The normalized spacial score (nSPS) is 10.2. The third kappa shape index (κ3) is 4.46. The van der Waals surface area contributed by atoms with Crippen LogP contribution in [0.4, 0.5) is 5.69 Å². The third-order valence-electron chi connectivity index (χ3n) is 3.80. The van der Waals surface area contributed by atoms with Crippen molar-refractivity contribution in [3.8, 4) is 11.5 Å². The molecule has 0 heterocycles. The van der Waals surface area contributed by atoms with Gasteiger partial charge >= 0.3 is 0 Å². The molecule has 0 spiro atoms. The van der Waals surface area contributed by atoms with E-state index in [0.29, 0.717) is 27.8 Å². The van der Waals surface area contributed by atoms with E-state index in [4.69, 9.17) is 21.1 Å². The number of amides is 2. The van der Waals surface area contributed by atoms with Gasteiger partial charge in [0, 0.05) is 20.0 Å². The van der Waals surface area contributed by atoms with E-state index < -0.39 is 0 Å². The molecule has 2 aromatic carbocycles. The van der Waals surface area contributed by atoms with Crippen molar-refractivity contribution in [2.24, 2.45) is 0 Å². The Morgan fingerprint density at radius 2 is 1.65 bits per heavy atom. The highest BCUT2D eigenvalue weighted by molar-refractivity contribution is 6.33. The third-order valence-corrected chi connectivity index (χ3v) is 4.12. The highest BCUT2D eigenvalue weighted by Crippen LogP contribution is 2.28. The molecular weight excluding hydrogens is 356 g/mol. The molecule has 0 saturated carbocycles. The molecule has 0 aliphatic carbocycles. The minimum Gasteiger partial charge on any atom is -0.496 e. The number of nitrogens with one attached hydrogen (secondary N) is 1. The van der Waals surface area contributed by atoms with E-state index in [1.165, 1.54) is 26.0 Å². The summed E-state index contributed by atoms with van der Waals surface area (Å²) in [7, 11) is 2.97. The van der Waals surface area contributed by atoms with Crippen molar-refractivity contribution in [2.75, 3.05) is 32.2 Å². The van der Waals surface area contributed by atoms with Gasteiger partial charge in [-0.15, -0.1) is 0 Å². The lowest BCUT2D eigenvalue weighted by Crippen LogP contribution is -2.37. The average molecular weight is 377 g/mol. The zero-order valence-electron chi connectivity index (χ0n) is 14.9. The molecule has 0 fully saturated rings. The lowest BCUT2D eigenvalue weighted by Gasteiger charge is -2.22. The molecule has 0 aromatic heterocycles. The Morgan fingerprint density at radius 1 is 1.04 bits per heavy atom. The fourth-order valence-electron chi connectivity index (χ4n) is 2.56. The number of nitrogens with zero attached hydrogens (tertiary/aromatic N) is 1. The zero-order chi connectivity index (χ0) is 19.1. The van der Waals surface area contributed by atoms with Gasteiger partial charge in [0.15, 0.2) is 0 Å². The van der Waals surface area contributed by atoms with E-state index in [1.54, 1.807) is 42.5 Å². The Balaban J connectivity index is 2.10. The van der Waals surface area contributed by atoms with Crippen molar-refractivity contribution in [3.63, 3.8) is 0 Å². The van der Waals surface area contributed by atoms with Crippen molar-refractivity contribution in [3.05, 3.63) is 53.1 Å². The number of carbonyl (C=O) groups excluding carboxylic acids is 2. The van der Waals surface area contributed by atoms with Crippen LogP contribution in [0.15, 0.2) is 42.5 Å². The summed E-state index contributed by atoms with van der Waals surface area (Å²) >= 11 is 6.17. The molecule has 0 atom stereocenters. The number of carbonyl (C=O) groups is 2. The fraction of sp³-hybridized carbons (Fsp3) is 0.263. The Morgan fingerprint density at radius 3 is 2.19 bits per heavy atom. The van der Waals surface area contributed by atoms with Crippen molar-refractivity contribution < 1.29 is 19.1 Å². The molecule has 0 aliphatic heterocycles. The molecule has 2 aromatic rings. The van der Waals surface area contributed by atoms with E-state index in [1.807, 2.05) is 0 Å². The van der Waals surface area contributed by atoms with Crippen LogP contribution in [0.1, 0.15) is 17.3 Å². The molecule has 26 heavy (non-hydrogen) atoms. The predicted octanol–water partition coefficient (Wildman–Crippen LogP) is 3.14. The Hall–Kier alpha value is -2.73. The molecule has 0 saturated heterocycles. The van der Waals surface area contributed by atoms with Crippen molar-refractivity contribution in [1.29, 1.82) is 0 Å². The highest BCUT2D eigenvalue weighted by atomic mass is 35.5. The van der Waals surface area contributed by atoms with E-state index in [9.17, 15) is 9.59 Å². The molecular formula is C19H21ClN2O4. The summed E-state index contributed by atoms with van der Waals surface area (Å²) in [5.74, 6) is 0.317. The van der Waals surface area contributed by atoms with Gasteiger partial charge in [-0.25, -0.2) is 0 Å². The molecule has 1 N–H and O–H groups in total. The zero-order valence-corrected chi connectivity index (χ0v) is 15.7. The first-order valence-electron chi connectivity index (χ1n) is 8.01. The Kier molecular flexibility index (Phi) is 6.86. The molecule has 0 radical (unpaired) electrons. The molecule has 138 valence electrons. The molecule has 2 amide bonds. The van der Waals surface area contributed by atoms with Gasteiger partial charge in [0.25, 0.3) is 5.91 Å². The van der Waals surface area contributed by atoms with Crippen LogP contribution >= 0.6 is 11.6 Å². The van der Waals surface area contributed by atoms with Gasteiger partial charge in [-0.2, -0.15) is 0 Å². The SMILES string of the molecule is COc1cccc(OC)c1C(=O)NCCN(C(C)=O)c1ccccc1Cl. The summed E-state index contributed by atoms with van der Waals surface area (Å²) < 4.78 is 10.5. The molecule has 2 rings (SSSR count). The van der Waals surface area contributed by atoms with Crippen LogP contribution in [0.3, 0.4) is 0 Å². The van der Waals surface area contributed by atoms with Crippen LogP contribution in [0.5, 0.6) is 11.5 Å². The second-order valence-electron chi connectivity index (χ2n) is 5.42. The van der Waals surface area contributed by atoms with Gasteiger partial charge in [-0.1, -0.05) is 29.8 Å². The number of methoxy groups -OCH3 is 2. The van der Waals surface area contributed by atoms with Crippen LogP contribution in [0.2, 0.25) is 5.02 Å². The van der Waals surface area contributed by atoms with Gasteiger partial charge in [0.2, 0.25) is 5.91 Å². The fourth-order valence-corrected chi connectivity index (χ4v) is 2.80. The summed E-state index contributed by atoms with van der Waals surface area (Å²) in [6.07, 6.45) is 0. The lowest BCUT2D eigenvalue weighted by molar-refractivity contribution is -0.116. The first-order chi connectivity index (χ1) is 12.5. The summed E-state index contributed by atoms with van der Waals surface area (Å²) in [4.78, 5) is 26.0. The first-order valence-corrected chi connectivity index (χ1v) is 8.39. The Labute approximate surface area is 157 Å². The molecule has 6 nitrogen and oxygen atoms in total. The van der Waals surface area contributed by atoms with Gasteiger partial charge in [-0.05, 0) is 24.3 Å². The molecule has 0 bridgehead atoms. The number of anilines is 1. The first kappa shape index (κ1) is 19.6. The van der Waals surface area contributed by atoms with Gasteiger partial charge < -0.3 is 19.7 Å². The number of para-hydroxylation sites is 1. The summed E-state index contributed by atoms with van der Waals surface area (Å²) in [5.41, 5.74) is 0.912. The second kappa shape index (κ2) is 9.10. The minimum atomic E-state index is -0.345. The Bertz CT molecular complexity index is 773. The van der Waals surface area contributed by atoms with Crippen LogP contribution in [0, 0.1) is 0 Å². The molecule has 0 aliphatic rings. The number of hydrogen-bond donors (Lipinski definition) is 1. The number of ether oxygens (including phenoxy) is 2. The summed E-state index contributed by atoms with van der Waals surface area (Å²) in [5, 5.41) is 3.26. The summed E-state index contributed by atoms with van der Waals surface area (Å²) in [6.45, 7) is 1.97. The number of benzene rings is 2. The molecule has 0 unspecified atom stereocenters. The highest BCUT2D eigenvalue weighted by Gasteiger charge is 2.19. The smallest absolute Gasteiger partial charge is 0.258 e. The standard InChI is InChI=1S/C19H21ClN2O4/c1-13(23)22(15-8-5-4-7-14(15)20)12-11-21-19(24)18-16(25-2)9-6-10-17(18)26-3/h4-10H,11-12H2,1-3H3,(H,21,24). The van der Waals surface area contributed by atoms with Gasteiger partial charge in [0.05, 0.1) is 24.9 Å². The van der Waals surface area contributed by atoms with Crippen LogP contribution in [-0.2, 0) is 4.79 Å². The van der Waals surface area contributed by atoms with Crippen LogP contribution in [-0.4, -0.2) is 39.1 Å². The maximum absolute atomic E-state index is 12.6. The van der Waals surface area contributed by atoms with E-state index in [2.05, 4.69) is 5.32 Å². The summed E-state index contributed by atoms with van der Waals surface area (Å²) in [6, 6.07) is 12.2. The average Bonchev–Trinajstić information content (AvgIpc) is 2.64. The van der Waals surface area contributed by atoms with E-state index in [0.717, 1.165) is 0 Å². The quantitative estimate of drug-likeness (QED) is 0.806. The monoisotopic (exact) mass is 376 g/mol. The molecule has 7 heteroatoms. The van der Waals surface area contributed by atoms with Crippen LogP contribution < -0.4 is 19.7 Å². The maximum atomic E-state index is 12.6.